The van der Waals surface area contributed by atoms with E-state index in [9.17, 15) is 0 Å². The van der Waals surface area contributed by atoms with Gasteiger partial charge in [0.25, 0.3) is 0 Å². The lowest BCUT2D eigenvalue weighted by atomic mass is 9.94. The third-order valence-electron chi connectivity index (χ3n) is 3.42. The van der Waals surface area contributed by atoms with Gasteiger partial charge < -0.3 is 10.6 Å². The summed E-state index contributed by atoms with van der Waals surface area (Å²) in [7, 11) is 0. The molecule has 14 heavy (non-hydrogen) atoms. The Morgan fingerprint density at radius 1 is 1.36 bits per heavy atom. The van der Waals surface area contributed by atoms with E-state index in [0.717, 1.165) is 5.92 Å². The lowest BCUT2D eigenvalue weighted by molar-refractivity contribution is 0.178. The summed E-state index contributed by atoms with van der Waals surface area (Å²) in [5, 5.41) is 0. The molecule has 1 atom stereocenters. The number of nitrogens with two attached hydrogens (primary N) is 1. The fraction of sp³-hybridized carbons (Fsp3) is 1.00. The minimum atomic E-state index is 0.378. The van der Waals surface area contributed by atoms with Crippen molar-refractivity contribution < 1.29 is 0 Å². The predicted octanol–water partition coefficient (Wildman–Crippen LogP) is 2.24. The van der Waals surface area contributed by atoms with Gasteiger partial charge >= 0.3 is 0 Å². The van der Waals surface area contributed by atoms with Crippen molar-refractivity contribution in [3.63, 3.8) is 0 Å². The zero-order valence-electron chi connectivity index (χ0n) is 9.84. The molecule has 0 aliphatic carbocycles. The summed E-state index contributed by atoms with van der Waals surface area (Å²) >= 11 is 0. The van der Waals surface area contributed by atoms with E-state index in [2.05, 4.69) is 18.7 Å². The molecule has 2 heteroatoms. The Bertz CT molecular complexity index is 137. The maximum Gasteiger partial charge on any atom is 0.00109 e. The molecule has 0 aromatic rings. The van der Waals surface area contributed by atoms with Gasteiger partial charge in [-0.25, -0.2) is 0 Å². The SMILES string of the molecule is CCC1CCN(CCCC(C)N)CC1. The molecule has 1 aliphatic heterocycles. The summed E-state index contributed by atoms with van der Waals surface area (Å²) in [5.74, 6) is 1.000. The van der Waals surface area contributed by atoms with Gasteiger partial charge in [0.05, 0.1) is 0 Å². The van der Waals surface area contributed by atoms with E-state index in [1.54, 1.807) is 0 Å². The standard InChI is InChI=1S/C12H26N2/c1-3-12-6-9-14(10-7-12)8-4-5-11(2)13/h11-12H,3-10,13H2,1-2H3. The average Bonchev–Trinajstić information content (AvgIpc) is 2.18. The van der Waals surface area contributed by atoms with Crippen LogP contribution in [0.2, 0.25) is 0 Å². The van der Waals surface area contributed by atoms with E-state index in [-0.39, 0.29) is 0 Å². The average molecular weight is 198 g/mol. The highest BCUT2D eigenvalue weighted by Crippen LogP contribution is 2.19. The van der Waals surface area contributed by atoms with Gasteiger partial charge in [0.15, 0.2) is 0 Å². The molecule has 0 aromatic heterocycles. The number of hydrogen-bond acceptors (Lipinski definition) is 2. The minimum absolute atomic E-state index is 0.378. The van der Waals surface area contributed by atoms with Crippen molar-refractivity contribution in [2.24, 2.45) is 11.7 Å². The number of hydrogen-bond donors (Lipinski definition) is 1. The topological polar surface area (TPSA) is 29.3 Å². The highest BCUT2D eigenvalue weighted by atomic mass is 15.1. The van der Waals surface area contributed by atoms with Crippen LogP contribution in [0, 0.1) is 5.92 Å². The van der Waals surface area contributed by atoms with Gasteiger partial charge in [0.2, 0.25) is 0 Å². The van der Waals surface area contributed by atoms with Crippen molar-refractivity contribution in [2.45, 2.75) is 52.0 Å². The normalized spacial score (nSPS) is 22.5. The van der Waals surface area contributed by atoms with Crippen molar-refractivity contribution in [1.29, 1.82) is 0 Å². The zero-order valence-corrected chi connectivity index (χ0v) is 9.84. The quantitative estimate of drug-likeness (QED) is 0.734. The molecule has 1 saturated heterocycles. The van der Waals surface area contributed by atoms with Gasteiger partial charge in [0, 0.05) is 6.04 Å². The van der Waals surface area contributed by atoms with Gasteiger partial charge in [0.1, 0.15) is 0 Å². The van der Waals surface area contributed by atoms with Crippen LogP contribution in [0.25, 0.3) is 0 Å². The molecule has 1 unspecified atom stereocenters. The van der Waals surface area contributed by atoms with Crippen LogP contribution in [0.4, 0.5) is 0 Å². The Morgan fingerprint density at radius 3 is 2.50 bits per heavy atom. The highest BCUT2D eigenvalue weighted by Gasteiger charge is 2.16. The summed E-state index contributed by atoms with van der Waals surface area (Å²) in [6.45, 7) is 8.31. The fourth-order valence-electron chi connectivity index (χ4n) is 2.26. The summed E-state index contributed by atoms with van der Waals surface area (Å²) in [5.41, 5.74) is 5.73. The molecule has 1 fully saturated rings. The predicted molar refractivity (Wildman–Crippen MR) is 62.3 cm³/mol. The highest BCUT2D eigenvalue weighted by molar-refractivity contribution is 4.71. The second-order valence-corrected chi connectivity index (χ2v) is 4.81. The zero-order chi connectivity index (χ0) is 10.4. The number of nitrogens with zero attached hydrogens (tertiary/aromatic N) is 1. The van der Waals surface area contributed by atoms with Gasteiger partial charge in [-0.2, -0.15) is 0 Å². The van der Waals surface area contributed by atoms with E-state index in [1.807, 2.05) is 0 Å². The molecule has 0 radical (unpaired) electrons. The van der Waals surface area contributed by atoms with Crippen LogP contribution in [0.5, 0.6) is 0 Å². The summed E-state index contributed by atoms with van der Waals surface area (Å²) in [6.07, 6.45) is 6.64. The molecule has 1 aliphatic rings. The maximum atomic E-state index is 5.73. The second-order valence-electron chi connectivity index (χ2n) is 4.81. The van der Waals surface area contributed by atoms with Gasteiger partial charge in [-0.3, -0.25) is 0 Å². The Morgan fingerprint density at radius 2 is 2.00 bits per heavy atom. The third kappa shape index (κ3) is 4.43. The Balaban J connectivity index is 2.04. The summed E-state index contributed by atoms with van der Waals surface area (Å²) < 4.78 is 0. The van der Waals surface area contributed by atoms with Crippen LogP contribution >= 0.6 is 0 Å². The van der Waals surface area contributed by atoms with Crippen LogP contribution in [0.1, 0.15) is 46.0 Å². The molecule has 2 nitrogen and oxygen atoms in total. The van der Waals surface area contributed by atoms with Crippen LogP contribution < -0.4 is 5.73 Å². The molecular formula is C12H26N2. The van der Waals surface area contributed by atoms with E-state index < -0.39 is 0 Å². The van der Waals surface area contributed by atoms with Crippen LogP contribution in [0.15, 0.2) is 0 Å². The first-order valence-electron chi connectivity index (χ1n) is 6.20. The molecule has 0 spiro atoms. The van der Waals surface area contributed by atoms with E-state index in [4.69, 9.17) is 5.73 Å². The minimum Gasteiger partial charge on any atom is -0.328 e. The Labute approximate surface area is 88.8 Å². The molecule has 0 saturated carbocycles. The van der Waals surface area contributed by atoms with E-state index in [1.165, 1.54) is 51.7 Å². The molecule has 1 rings (SSSR count). The largest absolute Gasteiger partial charge is 0.328 e. The van der Waals surface area contributed by atoms with Crippen molar-refractivity contribution in [1.82, 2.24) is 4.90 Å². The number of piperidine rings is 1. The van der Waals surface area contributed by atoms with Crippen LogP contribution in [-0.4, -0.2) is 30.6 Å². The fourth-order valence-corrected chi connectivity index (χ4v) is 2.26. The van der Waals surface area contributed by atoms with Gasteiger partial charge in [-0.1, -0.05) is 13.3 Å². The number of rotatable bonds is 5. The Hall–Kier alpha value is -0.0800. The van der Waals surface area contributed by atoms with Crippen LogP contribution in [0.3, 0.4) is 0 Å². The summed E-state index contributed by atoms with van der Waals surface area (Å²) in [4.78, 5) is 2.61. The maximum absolute atomic E-state index is 5.73. The van der Waals surface area contributed by atoms with Crippen molar-refractivity contribution in [2.75, 3.05) is 19.6 Å². The lowest BCUT2D eigenvalue weighted by Gasteiger charge is -2.31. The second kappa shape index (κ2) is 6.41. The summed E-state index contributed by atoms with van der Waals surface area (Å²) in [6, 6.07) is 0.378. The van der Waals surface area contributed by atoms with E-state index >= 15 is 0 Å². The van der Waals surface area contributed by atoms with Crippen LogP contribution in [-0.2, 0) is 0 Å². The van der Waals surface area contributed by atoms with E-state index in [0.29, 0.717) is 6.04 Å². The van der Waals surface area contributed by atoms with Gasteiger partial charge in [-0.15, -0.1) is 0 Å². The first kappa shape index (κ1) is 12.0. The lowest BCUT2D eigenvalue weighted by Crippen LogP contribution is -2.34. The smallest absolute Gasteiger partial charge is 0.00109 e. The van der Waals surface area contributed by atoms with Crippen molar-refractivity contribution >= 4 is 0 Å². The Kier molecular flexibility index (Phi) is 5.49. The van der Waals surface area contributed by atoms with Crippen molar-refractivity contribution in [3.8, 4) is 0 Å². The van der Waals surface area contributed by atoms with Crippen molar-refractivity contribution in [3.05, 3.63) is 0 Å². The third-order valence-corrected chi connectivity index (χ3v) is 3.42. The first-order chi connectivity index (χ1) is 6.72. The molecule has 0 bridgehead atoms. The number of likely N-dealkylation sites (tertiary alicyclic amines) is 1. The molecule has 0 aromatic carbocycles. The molecule has 84 valence electrons. The molecule has 0 amide bonds. The first-order valence-corrected chi connectivity index (χ1v) is 6.20. The molecular weight excluding hydrogens is 172 g/mol. The monoisotopic (exact) mass is 198 g/mol. The molecule has 2 N–H and O–H groups in total. The molecule has 1 heterocycles. The van der Waals surface area contributed by atoms with Gasteiger partial charge in [-0.05, 0) is 58.2 Å².